The Kier molecular flexibility index (Phi) is 6.67. The quantitative estimate of drug-likeness (QED) is 0.671. The Morgan fingerprint density at radius 2 is 1.87 bits per heavy atom. The number of nitrogens with zero attached hydrogens (tertiary/aromatic N) is 1. The van der Waals surface area contributed by atoms with Gasteiger partial charge >= 0.3 is 0 Å². The number of methoxy groups -OCH3 is 1. The molecule has 0 aliphatic carbocycles. The lowest BCUT2D eigenvalue weighted by molar-refractivity contribution is -0.118. The molecule has 3 rings (SSSR count). The molecule has 1 aliphatic heterocycles. The van der Waals surface area contributed by atoms with Crippen molar-refractivity contribution in [2.24, 2.45) is 5.92 Å². The molecule has 162 valence electrons. The van der Waals surface area contributed by atoms with Crippen LogP contribution in [0, 0.1) is 5.92 Å². The molecule has 0 radical (unpaired) electrons. The minimum Gasteiger partial charge on any atom is -0.497 e. The van der Waals surface area contributed by atoms with E-state index in [2.05, 4.69) is 21.9 Å². The van der Waals surface area contributed by atoms with Gasteiger partial charge in [-0.25, -0.2) is 8.42 Å². The predicted octanol–water partition coefficient (Wildman–Crippen LogP) is 3.02. The van der Waals surface area contributed by atoms with Crippen LogP contribution in [0.3, 0.4) is 0 Å². The SMILES string of the molecule is CCN1CCc2ccc(NC(=O)[C@@H](NS(=O)(=O)c3ccc(OC)cc3)C(C)C)cc21. The summed E-state index contributed by atoms with van der Waals surface area (Å²) >= 11 is 0. The van der Waals surface area contributed by atoms with Gasteiger partial charge in [0, 0.05) is 24.5 Å². The minimum absolute atomic E-state index is 0.0814. The number of nitrogens with one attached hydrogen (secondary N) is 2. The lowest BCUT2D eigenvalue weighted by atomic mass is 10.0. The maximum atomic E-state index is 12.9. The summed E-state index contributed by atoms with van der Waals surface area (Å²) < 4.78 is 33.2. The monoisotopic (exact) mass is 431 g/mol. The summed E-state index contributed by atoms with van der Waals surface area (Å²) in [6.45, 7) is 7.59. The summed E-state index contributed by atoms with van der Waals surface area (Å²) in [5.74, 6) is -0.0625. The smallest absolute Gasteiger partial charge is 0.242 e. The number of rotatable bonds is 8. The van der Waals surface area contributed by atoms with E-state index < -0.39 is 16.1 Å². The Morgan fingerprint density at radius 1 is 1.17 bits per heavy atom. The number of ether oxygens (including phenoxy) is 1. The number of carbonyl (C=O) groups excluding carboxylic acids is 1. The third-order valence-electron chi connectivity index (χ3n) is 5.33. The predicted molar refractivity (Wildman–Crippen MR) is 119 cm³/mol. The number of fused-ring (bicyclic) bond motifs is 1. The third-order valence-corrected chi connectivity index (χ3v) is 6.78. The van der Waals surface area contributed by atoms with Crippen LogP contribution >= 0.6 is 0 Å². The highest BCUT2D eigenvalue weighted by molar-refractivity contribution is 7.89. The number of carbonyl (C=O) groups is 1. The number of benzene rings is 2. The van der Waals surface area contributed by atoms with Crippen molar-refractivity contribution in [3.63, 3.8) is 0 Å². The van der Waals surface area contributed by atoms with Crippen molar-refractivity contribution in [1.29, 1.82) is 0 Å². The van der Waals surface area contributed by atoms with Gasteiger partial charge in [0.1, 0.15) is 11.8 Å². The molecule has 2 aromatic carbocycles. The second kappa shape index (κ2) is 9.06. The summed E-state index contributed by atoms with van der Waals surface area (Å²) in [4.78, 5) is 15.3. The maximum absolute atomic E-state index is 12.9. The van der Waals surface area contributed by atoms with Gasteiger partial charge < -0.3 is 15.0 Å². The first-order valence-corrected chi connectivity index (χ1v) is 11.6. The first-order chi connectivity index (χ1) is 14.2. The van der Waals surface area contributed by atoms with Crippen molar-refractivity contribution >= 4 is 27.3 Å². The maximum Gasteiger partial charge on any atom is 0.242 e. The van der Waals surface area contributed by atoms with Crippen molar-refractivity contribution in [3.8, 4) is 5.75 Å². The van der Waals surface area contributed by atoms with Crippen LogP contribution in [0.2, 0.25) is 0 Å². The Hall–Kier alpha value is -2.58. The standard InChI is InChI=1S/C22H29N3O4S/c1-5-25-13-12-16-6-7-17(14-20(16)25)23-22(26)21(15(2)3)24-30(27,28)19-10-8-18(29-4)9-11-19/h6-11,14-15,21,24H,5,12-13H2,1-4H3,(H,23,26)/t21-/m0/s1. The van der Waals surface area contributed by atoms with Crippen molar-refractivity contribution < 1.29 is 17.9 Å². The summed E-state index contributed by atoms with van der Waals surface area (Å²) in [6.07, 6.45) is 0.994. The third kappa shape index (κ3) is 4.76. The molecule has 0 spiro atoms. The Bertz CT molecular complexity index is 1000. The van der Waals surface area contributed by atoms with Gasteiger partial charge in [0.05, 0.1) is 12.0 Å². The summed E-state index contributed by atoms with van der Waals surface area (Å²) in [5, 5.41) is 2.88. The van der Waals surface area contributed by atoms with Gasteiger partial charge in [-0.3, -0.25) is 4.79 Å². The molecule has 1 aliphatic rings. The molecule has 0 fully saturated rings. The zero-order chi connectivity index (χ0) is 21.9. The largest absolute Gasteiger partial charge is 0.497 e. The van der Waals surface area contributed by atoms with Gasteiger partial charge in [-0.1, -0.05) is 19.9 Å². The Labute approximate surface area is 178 Å². The van der Waals surface area contributed by atoms with Gasteiger partial charge in [-0.15, -0.1) is 0 Å². The van der Waals surface area contributed by atoms with Crippen LogP contribution in [0.15, 0.2) is 47.4 Å². The van der Waals surface area contributed by atoms with Crippen molar-refractivity contribution in [1.82, 2.24) is 4.72 Å². The molecule has 0 saturated heterocycles. The molecule has 0 aromatic heterocycles. The van der Waals surface area contributed by atoms with Gasteiger partial charge in [0.25, 0.3) is 0 Å². The Balaban J connectivity index is 1.77. The van der Waals surface area contributed by atoms with E-state index in [4.69, 9.17) is 4.74 Å². The van der Waals surface area contributed by atoms with Crippen LogP contribution < -0.4 is 19.7 Å². The van der Waals surface area contributed by atoms with Gasteiger partial charge in [-0.2, -0.15) is 4.72 Å². The summed E-state index contributed by atoms with van der Waals surface area (Å²) in [5.41, 5.74) is 3.04. The molecule has 1 amide bonds. The van der Waals surface area contributed by atoms with Gasteiger partial charge in [0.15, 0.2) is 0 Å². The fraction of sp³-hybridized carbons (Fsp3) is 0.409. The highest BCUT2D eigenvalue weighted by Gasteiger charge is 2.29. The summed E-state index contributed by atoms with van der Waals surface area (Å²) in [6, 6.07) is 11.0. The molecule has 2 N–H and O–H groups in total. The summed E-state index contributed by atoms with van der Waals surface area (Å²) in [7, 11) is -2.35. The van der Waals surface area contributed by atoms with Crippen molar-refractivity contribution in [3.05, 3.63) is 48.0 Å². The van der Waals surface area contributed by atoms with E-state index in [0.717, 1.165) is 25.2 Å². The number of anilines is 2. The highest BCUT2D eigenvalue weighted by atomic mass is 32.2. The van der Waals surface area contributed by atoms with Gasteiger partial charge in [-0.05, 0) is 61.2 Å². The van der Waals surface area contributed by atoms with E-state index in [9.17, 15) is 13.2 Å². The van der Waals surface area contributed by atoms with E-state index in [1.165, 1.54) is 24.8 Å². The normalized spacial score (nSPS) is 14.5. The number of sulfonamides is 1. The number of likely N-dealkylation sites (N-methyl/N-ethyl adjacent to an activating group) is 1. The van der Waals surface area contributed by atoms with Crippen LogP contribution in [-0.4, -0.2) is 40.6 Å². The fourth-order valence-corrected chi connectivity index (χ4v) is 4.90. The lowest BCUT2D eigenvalue weighted by Gasteiger charge is -2.22. The zero-order valence-corrected chi connectivity index (χ0v) is 18.6. The molecule has 1 atom stereocenters. The molecule has 0 saturated carbocycles. The molecular weight excluding hydrogens is 402 g/mol. The second-order valence-corrected chi connectivity index (χ2v) is 9.39. The molecular formula is C22H29N3O4S. The molecule has 0 bridgehead atoms. The average Bonchev–Trinajstić information content (AvgIpc) is 3.14. The van der Waals surface area contributed by atoms with Crippen LogP contribution in [0.4, 0.5) is 11.4 Å². The fourth-order valence-electron chi connectivity index (χ4n) is 3.55. The van der Waals surface area contributed by atoms with Crippen LogP contribution in [0.25, 0.3) is 0 Å². The van der Waals surface area contributed by atoms with Crippen LogP contribution in [-0.2, 0) is 21.2 Å². The number of hydrogen-bond donors (Lipinski definition) is 2. The Morgan fingerprint density at radius 3 is 2.47 bits per heavy atom. The molecule has 7 nitrogen and oxygen atoms in total. The first kappa shape index (κ1) is 22.1. The molecule has 1 heterocycles. The average molecular weight is 432 g/mol. The van der Waals surface area contributed by atoms with E-state index in [0.29, 0.717) is 11.4 Å². The van der Waals surface area contributed by atoms with E-state index in [-0.39, 0.29) is 16.7 Å². The molecule has 30 heavy (non-hydrogen) atoms. The molecule has 8 heteroatoms. The minimum atomic E-state index is -3.86. The molecule has 2 aromatic rings. The van der Waals surface area contributed by atoms with Crippen LogP contribution in [0.1, 0.15) is 26.3 Å². The number of hydrogen-bond acceptors (Lipinski definition) is 5. The highest BCUT2D eigenvalue weighted by Crippen LogP contribution is 2.30. The second-order valence-electron chi connectivity index (χ2n) is 7.68. The van der Waals surface area contributed by atoms with E-state index in [1.807, 2.05) is 32.0 Å². The first-order valence-electron chi connectivity index (χ1n) is 10.1. The zero-order valence-electron chi connectivity index (χ0n) is 17.8. The van der Waals surface area contributed by atoms with E-state index in [1.54, 1.807) is 12.1 Å². The van der Waals surface area contributed by atoms with Gasteiger partial charge in [0.2, 0.25) is 15.9 Å². The molecule has 0 unspecified atom stereocenters. The van der Waals surface area contributed by atoms with Crippen molar-refractivity contribution in [2.75, 3.05) is 30.4 Å². The van der Waals surface area contributed by atoms with Crippen molar-refractivity contribution in [2.45, 2.75) is 38.1 Å². The lowest BCUT2D eigenvalue weighted by Crippen LogP contribution is -2.47. The topological polar surface area (TPSA) is 87.7 Å². The van der Waals surface area contributed by atoms with Crippen LogP contribution in [0.5, 0.6) is 5.75 Å². The number of amides is 1. The van der Waals surface area contributed by atoms with E-state index >= 15 is 0 Å².